The first-order chi connectivity index (χ1) is 17.4. The number of amides is 2. The number of hydrogen-bond donors (Lipinski definition) is 3. The van der Waals surface area contributed by atoms with E-state index in [2.05, 4.69) is 34.1 Å². The number of anilines is 1. The summed E-state index contributed by atoms with van der Waals surface area (Å²) in [4.78, 5) is 12.7. The van der Waals surface area contributed by atoms with E-state index in [1.54, 1.807) is 18.2 Å². The Kier molecular flexibility index (Phi) is 9.80. The molecular weight excluding hydrogens is 536 g/mol. The van der Waals surface area contributed by atoms with Crippen LogP contribution in [0.2, 0.25) is 20.1 Å². The quantitative estimate of drug-likeness (QED) is 0.243. The molecule has 3 aromatic rings. The first-order valence-corrected chi connectivity index (χ1v) is 13.7. The van der Waals surface area contributed by atoms with Crippen molar-refractivity contribution < 1.29 is 4.79 Å². The molecule has 0 heterocycles. The van der Waals surface area contributed by atoms with Crippen molar-refractivity contribution in [3.63, 3.8) is 0 Å². The Morgan fingerprint density at radius 3 is 2.31 bits per heavy atom. The Hall–Kier alpha value is -1.95. The second-order valence-corrected chi connectivity index (χ2v) is 10.9. The monoisotopic (exact) mass is 563 g/mol. The van der Waals surface area contributed by atoms with Crippen molar-refractivity contribution in [1.29, 1.82) is 0 Å². The van der Waals surface area contributed by atoms with Crippen LogP contribution in [0, 0.1) is 0 Å². The largest absolute Gasteiger partial charge is 0.337 e. The molecule has 1 fully saturated rings. The van der Waals surface area contributed by atoms with E-state index in [1.165, 1.54) is 25.7 Å². The summed E-state index contributed by atoms with van der Waals surface area (Å²) >= 11 is 24.5. The molecule has 4 nitrogen and oxygen atoms in total. The maximum atomic E-state index is 12.7. The normalized spacial score (nSPS) is 14.6. The number of nitrogens with one attached hydrogen (secondary N) is 3. The average molecular weight is 565 g/mol. The molecule has 1 atom stereocenters. The van der Waals surface area contributed by atoms with Gasteiger partial charge < -0.3 is 16.0 Å². The number of carbonyl (C=O) groups excluding carboxylic acids is 1. The van der Waals surface area contributed by atoms with Gasteiger partial charge in [-0.15, -0.1) is 0 Å². The lowest BCUT2D eigenvalue weighted by molar-refractivity contribution is 0.251. The Labute approximate surface area is 232 Å². The van der Waals surface area contributed by atoms with Gasteiger partial charge in [-0.25, -0.2) is 4.79 Å². The number of benzene rings is 3. The predicted octanol–water partition coefficient (Wildman–Crippen LogP) is 8.79. The maximum absolute atomic E-state index is 12.7. The number of carbonyl (C=O) groups is 1. The molecule has 3 aromatic carbocycles. The first kappa shape index (κ1) is 27.1. The van der Waals surface area contributed by atoms with Crippen LogP contribution in [0.15, 0.2) is 60.7 Å². The lowest BCUT2D eigenvalue weighted by Crippen LogP contribution is -2.34. The van der Waals surface area contributed by atoms with Gasteiger partial charge in [-0.1, -0.05) is 89.6 Å². The summed E-state index contributed by atoms with van der Waals surface area (Å²) in [6, 6.07) is 19.3. The van der Waals surface area contributed by atoms with Crippen LogP contribution in [0.1, 0.15) is 43.6 Å². The van der Waals surface area contributed by atoms with Crippen molar-refractivity contribution in [2.24, 2.45) is 0 Å². The second kappa shape index (κ2) is 13.0. The number of urea groups is 1. The van der Waals surface area contributed by atoms with E-state index in [-0.39, 0.29) is 11.9 Å². The molecule has 3 N–H and O–H groups in total. The van der Waals surface area contributed by atoms with Crippen LogP contribution in [0.25, 0.3) is 11.1 Å². The highest BCUT2D eigenvalue weighted by atomic mass is 35.5. The van der Waals surface area contributed by atoms with Crippen LogP contribution in [0.5, 0.6) is 0 Å². The minimum atomic E-state index is -0.303. The zero-order valence-corrected chi connectivity index (χ0v) is 22.8. The third-order valence-electron chi connectivity index (χ3n) is 6.52. The SMILES string of the molecule is O=C(NCC(CCNC1CCCC1)c1cccc(-c2ccc(Cl)c(Cl)c2)c1)Nc1cc(Cl)cc(Cl)c1. The van der Waals surface area contributed by atoms with E-state index >= 15 is 0 Å². The van der Waals surface area contributed by atoms with E-state index in [0.717, 1.165) is 29.7 Å². The molecule has 0 radical (unpaired) electrons. The van der Waals surface area contributed by atoms with Crippen molar-refractivity contribution >= 4 is 58.1 Å². The summed E-state index contributed by atoms with van der Waals surface area (Å²) in [5, 5.41) is 11.5. The van der Waals surface area contributed by atoms with E-state index in [9.17, 15) is 4.79 Å². The molecule has 2 amide bonds. The van der Waals surface area contributed by atoms with E-state index < -0.39 is 0 Å². The van der Waals surface area contributed by atoms with Crippen molar-refractivity contribution in [3.05, 3.63) is 86.3 Å². The summed E-state index contributed by atoms with van der Waals surface area (Å²) in [5.41, 5.74) is 3.75. The summed E-state index contributed by atoms with van der Waals surface area (Å²) in [6.07, 6.45) is 5.95. The number of halogens is 4. The fourth-order valence-electron chi connectivity index (χ4n) is 4.64. The molecule has 0 aromatic heterocycles. The maximum Gasteiger partial charge on any atom is 0.319 e. The molecule has 1 saturated carbocycles. The molecule has 1 aliphatic carbocycles. The van der Waals surface area contributed by atoms with E-state index in [0.29, 0.717) is 38.4 Å². The minimum Gasteiger partial charge on any atom is -0.337 e. The average Bonchev–Trinajstić information content (AvgIpc) is 3.36. The highest BCUT2D eigenvalue weighted by molar-refractivity contribution is 6.42. The smallest absolute Gasteiger partial charge is 0.319 e. The van der Waals surface area contributed by atoms with Crippen molar-refractivity contribution in [2.75, 3.05) is 18.4 Å². The van der Waals surface area contributed by atoms with Crippen LogP contribution in [0.3, 0.4) is 0 Å². The Bertz CT molecular complexity index is 1180. The molecule has 0 bridgehead atoms. The molecule has 1 unspecified atom stereocenters. The lowest BCUT2D eigenvalue weighted by Gasteiger charge is -2.21. The summed E-state index contributed by atoms with van der Waals surface area (Å²) in [6.45, 7) is 1.37. The molecular formula is C28H29Cl4N3O. The third-order valence-corrected chi connectivity index (χ3v) is 7.70. The highest BCUT2D eigenvalue weighted by Gasteiger charge is 2.18. The van der Waals surface area contributed by atoms with Gasteiger partial charge in [-0.2, -0.15) is 0 Å². The third kappa shape index (κ3) is 7.77. The van der Waals surface area contributed by atoms with Crippen LogP contribution in [-0.2, 0) is 0 Å². The van der Waals surface area contributed by atoms with Gasteiger partial charge in [0.2, 0.25) is 0 Å². The molecule has 0 spiro atoms. The van der Waals surface area contributed by atoms with Crippen LogP contribution in [-0.4, -0.2) is 25.2 Å². The molecule has 0 aliphatic heterocycles. The molecule has 36 heavy (non-hydrogen) atoms. The van der Waals surface area contributed by atoms with Crippen molar-refractivity contribution in [2.45, 2.75) is 44.1 Å². The van der Waals surface area contributed by atoms with Gasteiger partial charge in [-0.05, 0) is 72.8 Å². The van der Waals surface area contributed by atoms with E-state index in [4.69, 9.17) is 46.4 Å². The summed E-state index contributed by atoms with van der Waals surface area (Å²) in [7, 11) is 0. The lowest BCUT2D eigenvalue weighted by atomic mass is 9.92. The van der Waals surface area contributed by atoms with Crippen molar-refractivity contribution in [3.8, 4) is 11.1 Å². The Balaban J connectivity index is 1.46. The zero-order valence-electron chi connectivity index (χ0n) is 19.8. The molecule has 8 heteroatoms. The predicted molar refractivity (Wildman–Crippen MR) is 153 cm³/mol. The van der Waals surface area contributed by atoms with Crippen LogP contribution in [0.4, 0.5) is 10.5 Å². The van der Waals surface area contributed by atoms with Gasteiger partial charge in [0.1, 0.15) is 0 Å². The van der Waals surface area contributed by atoms with Gasteiger partial charge in [0.15, 0.2) is 0 Å². The van der Waals surface area contributed by atoms with Gasteiger partial charge in [-0.3, -0.25) is 0 Å². The number of rotatable bonds is 9. The first-order valence-electron chi connectivity index (χ1n) is 12.2. The summed E-state index contributed by atoms with van der Waals surface area (Å²) < 4.78 is 0. The molecule has 0 saturated heterocycles. The topological polar surface area (TPSA) is 53.2 Å². The standard InChI is InChI=1S/C28H29Cl4N3O/c29-22-14-23(30)16-25(15-22)35-28(36)34-17-21(10-11-33-24-6-1-2-7-24)19-5-3-4-18(12-19)20-8-9-26(31)27(32)13-20/h3-5,8-9,12-16,21,24,33H,1-2,6-7,10-11,17H2,(H2,34,35,36). The van der Waals surface area contributed by atoms with Gasteiger partial charge >= 0.3 is 6.03 Å². The molecule has 1 aliphatic rings. The fourth-order valence-corrected chi connectivity index (χ4v) is 5.47. The second-order valence-electron chi connectivity index (χ2n) is 9.17. The highest BCUT2D eigenvalue weighted by Crippen LogP contribution is 2.31. The van der Waals surface area contributed by atoms with Crippen LogP contribution < -0.4 is 16.0 Å². The van der Waals surface area contributed by atoms with Gasteiger partial charge in [0.25, 0.3) is 0 Å². The fraction of sp³-hybridized carbons (Fsp3) is 0.321. The molecule has 190 valence electrons. The van der Waals surface area contributed by atoms with Gasteiger partial charge in [0.05, 0.1) is 10.0 Å². The van der Waals surface area contributed by atoms with Crippen molar-refractivity contribution in [1.82, 2.24) is 10.6 Å². The Morgan fingerprint density at radius 2 is 1.58 bits per heavy atom. The molecule has 4 rings (SSSR count). The zero-order chi connectivity index (χ0) is 25.5. The number of hydrogen-bond acceptors (Lipinski definition) is 2. The Morgan fingerprint density at radius 1 is 0.861 bits per heavy atom. The van der Waals surface area contributed by atoms with E-state index in [1.807, 2.05) is 24.3 Å². The summed E-state index contributed by atoms with van der Waals surface area (Å²) in [5.74, 6) is 0.121. The van der Waals surface area contributed by atoms with Gasteiger partial charge in [0, 0.05) is 34.2 Å². The van der Waals surface area contributed by atoms with Crippen LogP contribution >= 0.6 is 46.4 Å². The minimum absolute atomic E-state index is 0.121.